The summed E-state index contributed by atoms with van der Waals surface area (Å²) < 4.78 is 29.8. The molecule has 3 N–H and O–H groups in total. The van der Waals surface area contributed by atoms with Crippen molar-refractivity contribution in [2.75, 3.05) is 12.4 Å². The summed E-state index contributed by atoms with van der Waals surface area (Å²) in [4.78, 5) is 4.20. The first kappa shape index (κ1) is 15.9. The molecule has 0 aliphatic heterocycles. The second kappa shape index (κ2) is 6.25. The van der Waals surface area contributed by atoms with Crippen LogP contribution in [0.15, 0.2) is 41.4 Å². The van der Waals surface area contributed by atoms with Crippen LogP contribution >= 0.6 is 0 Å². The van der Waals surface area contributed by atoms with Crippen LogP contribution in [0.1, 0.15) is 5.56 Å². The van der Waals surface area contributed by atoms with E-state index in [1.807, 2.05) is 11.5 Å². The molecule has 0 bridgehead atoms. The van der Waals surface area contributed by atoms with Crippen LogP contribution in [-0.4, -0.2) is 27.9 Å². The molecular formula is C16H15F2N5O. The Bertz CT molecular complexity index is 921. The van der Waals surface area contributed by atoms with Crippen molar-refractivity contribution < 1.29 is 14.0 Å². The zero-order chi connectivity index (χ0) is 17.3. The lowest BCUT2D eigenvalue weighted by molar-refractivity contribution is 0.235. The molecule has 1 heterocycles. The van der Waals surface area contributed by atoms with E-state index in [-0.39, 0.29) is 28.2 Å². The number of benzene rings is 2. The average Bonchev–Trinajstić information content (AvgIpc) is 2.89. The van der Waals surface area contributed by atoms with Crippen LogP contribution in [0, 0.1) is 11.6 Å². The summed E-state index contributed by atoms with van der Waals surface area (Å²) in [6.45, 7) is 0. The number of aromatic nitrogens is 2. The molecule has 6 nitrogen and oxygen atoms in total. The highest BCUT2D eigenvalue weighted by molar-refractivity contribution is 6.02. The molecule has 0 fully saturated rings. The second-order valence-corrected chi connectivity index (χ2v) is 5.08. The molecule has 0 spiro atoms. The Labute approximate surface area is 136 Å². The number of halogens is 2. The van der Waals surface area contributed by atoms with E-state index in [9.17, 15) is 14.0 Å². The van der Waals surface area contributed by atoms with Gasteiger partial charge in [0.2, 0.25) is 0 Å². The molecule has 0 aliphatic rings. The summed E-state index contributed by atoms with van der Waals surface area (Å²) in [5.74, 6) is -1.28. The van der Waals surface area contributed by atoms with Gasteiger partial charge in [-0.2, -0.15) is 5.10 Å². The van der Waals surface area contributed by atoms with Crippen LogP contribution in [0.25, 0.3) is 10.9 Å². The first-order valence-corrected chi connectivity index (χ1v) is 7.13. The Hall–Kier alpha value is -3.00. The predicted octanol–water partition coefficient (Wildman–Crippen LogP) is 2.95. The van der Waals surface area contributed by atoms with Crippen molar-refractivity contribution in [3.05, 3.63) is 53.6 Å². The topological polar surface area (TPSA) is 74.5 Å². The van der Waals surface area contributed by atoms with Crippen molar-refractivity contribution in [3.63, 3.8) is 0 Å². The molecule has 2 aromatic carbocycles. The molecule has 124 valence electrons. The van der Waals surface area contributed by atoms with Gasteiger partial charge in [-0.25, -0.2) is 13.8 Å². The quantitative estimate of drug-likeness (QED) is 0.392. The summed E-state index contributed by atoms with van der Waals surface area (Å²) in [6, 6.07) is 9.99. The molecule has 0 aliphatic carbocycles. The molecule has 3 rings (SSSR count). The smallest absolute Gasteiger partial charge is 0.184 e. The number of anilines is 1. The highest BCUT2D eigenvalue weighted by atomic mass is 19.1. The fourth-order valence-corrected chi connectivity index (χ4v) is 2.51. The summed E-state index contributed by atoms with van der Waals surface area (Å²) in [5, 5.41) is 16.2. The van der Waals surface area contributed by atoms with E-state index in [0.29, 0.717) is 5.56 Å². The van der Waals surface area contributed by atoms with Gasteiger partial charge in [0, 0.05) is 19.7 Å². The summed E-state index contributed by atoms with van der Waals surface area (Å²) >= 11 is 0. The van der Waals surface area contributed by atoms with Crippen molar-refractivity contribution >= 4 is 28.2 Å². The molecule has 8 heteroatoms. The number of hydroxylamine groups is 1. The van der Waals surface area contributed by atoms with Gasteiger partial charge in [0.25, 0.3) is 0 Å². The maximum absolute atomic E-state index is 14.5. The molecule has 0 amide bonds. The Kier molecular flexibility index (Phi) is 4.13. The monoisotopic (exact) mass is 331 g/mol. The molecule has 3 aromatic rings. The predicted molar refractivity (Wildman–Crippen MR) is 87.7 cm³/mol. The number of amidine groups is 1. The van der Waals surface area contributed by atoms with Gasteiger partial charge in [0.05, 0.1) is 5.39 Å². The number of rotatable bonds is 3. The van der Waals surface area contributed by atoms with E-state index in [4.69, 9.17) is 0 Å². The average molecular weight is 331 g/mol. The summed E-state index contributed by atoms with van der Waals surface area (Å²) in [7, 11) is 2.97. The SMILES string of the molecule is CNc1c(F)cc2c(N=C(NO)c3ccccc3)nn(C)c2c1F. The van der Waals surface area contributed by atoms with Gasteiger partial charge < -0.3 is 5.32 Å². The fraction of sp³-hybridized carbons (Fsp3) is 0.125. The van der Waals surface area contributed by atoms with Crippen molar-refractivity contribution in [1.82, 2.24) is 15.3 Å². The van der Waals surface area contributed by atoms with Gasteiger partial charge in [-0.1, -0.05) is 30.3 Å². The van der Waals surface area contributed by atoms with Crippen LogP contribution in [0.3, 0.4) is 0 Å². The van der Waals surface area contributed by atoms with Crippen LogP contribution in [0.4, 0.5) is 20.3 Å². The van der Waals surface area contributed by atoms with E-state index in [0.717, 1.165) is 6.07 Å². The van der Waals surface area contributed by atoms with E-state index in [2.05, 4.69) is 15.4 Å². The van der Waals surface area contributed by atoms with Gasteiger partial charge in [-0.3, -0.25) is 15.4 Å². The molecule has 0 unspecified atom stereocenters. The van der Waals surface area contributed by atoms with Crippen LogP contribution < -0.4 is 10.8 Å². The first-order valence-electron chi connectivity index (χ1n) is 7.13. The van der Waals surface area contributed by atoms with E-state index in [1.165, 1.54) is 18.8 Å². The summed E-state index contributed by atoms with van der Waals surface area (Å²) in [5.41, 5.74) is 2.48. The Morgan fingerprint density at radius 3 is 2.58 bits per heavy atom. The van der Waals surface area contributed by atoms with Crippen LogP contribution in [0.2, 0.25) is 0 Å². The number of nitrogens with one attached hydrogen (secondary N) is 2. The van der Waals surface area contributed by atoms with Crippen molar-refractivity contribution in [2.45, 2.75) is 0 Å². The number of nitrogens with zero attached hydrogens (tertiary/aromatic N) is 3. The maximum Gasteiger partial charge on any atom is 0.184 e. The van der Waals surface area contributed by atoms with Crippen LogP contribution in [-0.2, 0) is 7.05 Å². The fourth-order valence-electron chi connectivity index (χ4n) is 2.51. The van der Waals surface area contributed by atoms with Crippen molar-refractivity contribution in [1.29, 1.82) is 0 Å². The molecule has 0 atom stereocenters. The van der Waals surface area contributed by atoms with E-state index >= 15 is 0 Å². The third-order valence-electron chi connectivity index (χ3n) is 3.62. The van der Waals surface area contributed by atoms with Crippen molar-refractivity contribution in [3.8, 4) is 0 Å². The molecule has 24 heavy (non-hydrogen) atoms. The standard InChI is InChI=1S/C16H15F2N5O/c1-19-13-11(17)8-10-14(12(13)18)23(2)21-16(10)20-15(22-24)9-6-4-3-5-7-9/h3-8,19,24H,1-2H3,(H,20,21,22). The van der Waals surface area contributed by atoms with Crippen LogP contribution in [0.5, 0.6) is 0 Å². The van der Waals surface area contributed by atoms with E-state index in [1.54, 1.807) is 24.3 Å². The van der Waals surface area contributed by atoms with Gasteiger partial charge in [-0.15, -0.1) is 0 Å². The third kappa shape index (κ3) is 2.56. The Balaban J connectivity index is 2.22. The Morgan fingerprint density at radius 2 is 1.96 bits per heavy atom. The number of fused-ring (bicyclic) bond motifs is 1. The minimum absolute atomic E-state index is 0.0911. The summed E-state index contributed by atoms with van der Waals surface area (Å²) in [6.07, 6.45) is 0. The van der Waals surface area contributed by atoms with Gasteiger partial charge in [0.1, 0.15) is 17.0 Å². The number of hydrogen-bond donors (Lipinski definition) is 3. The largest absolute Gasteiger partial charge is 0.383 e. The number of aliphatic imine (C=N–C) groups is 1. The first-order chi connectivity index (χ1) is 11.6. The Morgan fingerprint density at radius 1 is 1.25 bits per heavy atom. The second-order valence-electron chi connectivity index (χ2n) is 5.08. The minimum atomic E-state index is -0.748. The van der Waals surface area contributed by atoms with E-state index < -0.39 is 11.6 Å². The lowest BCUT2D eigenvalue weighted by atomic mass is 10.2. The molecule has 1 aromatic heterocycles. The zero-order valence-corrected chi connectivity index (χ0v) is 13.0. The van der Waals surface area contributed by atoms with Gasteiger partial charge in [0.15, 0.2) is 17.5 Å². The number of hydrogen-bond acceptors (Lipinski definition) is 4. The molecule has 0 radical (unpaired) electrons. The highest BCUT2D eigenvalue weighted by Gasteiger charge is 2.19. The normalized spacial score (nSPS) is 11.8. The lowest BCUT2D eigenvalue weighted by Gasteiger charge is -2.06. The number of aryl methyl sites for hydroxylation is 1. The van der Waals surface area contributed by atoms with Gasteiger partial charge in [-0.05, 0) is 6.07 Å². The molecule has 0 saturated carbocycles. The highest BCUT2D eigenvalue weighted by Crippen LogP contribution is 2.33. The molecular weight excluding hydrogens is 316 g/mol. The van der Waals surface area contributed by atoms with Gasteiger partial charge >= 0.3 is 0 Å². The minimum Gasteiger partial charge on any atom is -0.383 e. The lowest BCUT2D eigenvalue weighted by Crippen LogP contribution is -2.19. The maximum atomic E-state index is 14.5. The third-order valence-corrected chi connectivity index (χ3v) is 3.62. The van der Waals surface area contributed by atoms with Crippen molar-refractivity contribution in [2.24, 2.45) is 12.0 Å². The zero-order valence-electron chi connectivity index (χ0n) is 13.0. The molecule has 0 saturated heterocycles.